The number of fused-ring (bicyclic) bond motifs is 1. The number of methoxy groups -OCH3 is 1. The first-order valence-corrected chi connectivity index (χ1v) is 9.93. The summed E-state index contributed by atoms with van der Waals surface area (Å²) in [5.41, 5.74) is -0.421. The molecule has 0 bridgehead atoms. The number of aliphatic hydroxyl groups is 1. The lowest BCUT2D eigenvalue weighted by atomic mass is 9.71. The second-order valence-corrected chi connectivity index (χ2v) is 8.90. The van der Waals surface area contributed by atoms with Crippen molar-refractivity contribution in [2.75, 3.05) is 33.4 Å². The molecule has 0 aliphatic carbocycles. The average Bonchev–Trinajstić information content (AvgIpc) is 2.61. The van der Waals surface area contributed by atoms with Crippen molar-refractivity contribution in [1.82, 2.24) is 9.62 Å². The van der Waals surface area contributed by atoms with Crippen molar-refractivity contribution in [2.24, 2.45) is 5.41 Å². The first kappa shape index (κ1) is 17.9. The molecule has 2 aliphatic heterocycles. The summed E-state index contributed by atoms with van der Waals surface area (Å²) in [4.78, 5) is 0.0767. The second-order valence-electron chi connectivity index (χ2n) is 6.55. The molecule has 2 atom stereocenters. The Hall–Kier alpha value is -0.860. The molecule has 8 heteroatoms. The highest BCUT2D eigenvalue weighted by Gasteiger charge is 2.47. The Bertz CT molecular complexity index is 712. The number of sulfonamides is 1. The zero-order valence-corrected chi connectivity index (χ0v) is 15.2. The van der Waals surface area contributed by atoms with Gasteiger partial charge in [-0.15, -0.1) is 0 Å². The van der Waals surface area contributed by atoms with E-state index in [0.717, 1.165) is 19.4 Å². The molecule has 0 saturated carbocycles. The van der Waals surface area contributed by atoms with E-state index in [1.165, 1.54) is 17.5 Å². The molecule has 24 heavy (non-hydrogen) atoms. The van der Waals surface area contributed by atoms with Gasteiger partial charge in [0.15, 0.2) is 0 Å². The van der Waals surface area contributed by atoms with Crippen LogP contribution in [0.3, 0.4) is 0 Å². The molecule has 1 aromatic rings. The fourth-order valence-corrected chi connectivity index (χ4v) is 5.81. The molecular weight excluding hydrogens is 352 g/mol. The predicted octanol–water partition coefficient (Wildman–Crippen LogP) is 1.47. The topological polar surface area (TPSA) is 78.9 Å². The minimum atomic E-state index is -3.74. The van der Waals surface area contributed by atoms with Crippen LogP contribution in [0.5, 0.6) is 5.75 Å². The van der Waals surface area contributed by atoms with Gasteiger partial charge in [-0.2, -0.15) is 4.31 Å². The highest BCUT2D eigenvalue weighted by Crippen LogP contribution is 2.40. The van der Waals surface area contributed by atoms with Gasteiger partial charge >= 0.3 is 0 Å². The number of ether oxygens (including phenoxy) is 1. The van der Waals surface area contributed by atoms with Gasteiger partial charge in [0.2, 0.25) is 10.0 Å². The van der Waals surface area contributed by atoms with Gasteiger partial charge < -0.3 is 15.2 Å². The van der Waals surface area contributed by atoms with E-state index < -0.39 is 15.4 Å². The van der Waals surface area contributed by atoms with Gasteiger partial charge in [-0.3, -0.25) is 0 Å². The third kappa shape index (κ3) is 3.04. The van der Waals surface area contributed by atoms with E-state index in [-0.39, 0.29) is 23.3 Å². The number of benzene rings is 1. The van der Waals surface area contributed by atoms with Gasteiger partial charge in [-0.1, -0.05) is 11.6 Å². The van der Waals surface area contributed by atoms with Crippen molar-refractivity contribution in [3.63, 3.8) is 0 Å². The van der Waals surface area contributed by atoms with Gasteiger partial charge in [0.05, 0.1) is 13.7 Å². The molecule has 2 saturated heterocycles. The Kier molecular flexibility index (Phi) is 5.09. The maximum atomic E-state index is 13.1. The molecule has 0 unspecified atom stereocenters. The summed E-state index contributed by atoms with van der Waals surface area (Å²) in [7, 11) is -2.30. The average molecular weight is 375 g/mol. The summed E-state index contributed by atoms with van der Waals surface area (Å²) in [5, 5.41) is 13.7. The number of nitrogens with one attached hydrogen (secondary N) is 1. The van der Waals surface area contributed by atoms with Crippen LogP contribution in [-0.4, -0.2) is 57.2 Å². The Morgan fingerprint density at radius 1 is 1.50 bits per heavy atom. The molecule has 0 spiro atoms. The third-order valence-corrected chi connectivity index (χ3v) is 7.30. The summed E-state index contributed by atoms with van der Waals surface area (Å²) >= 11 is 6.00. The molecule has 2 heterocycles. The van der Waals surface area contributed by atoms with Gasteiger partial charge in [0.25, 0.3) is 0 Å². The Morgan fingerprint density at radius 3 is 3.00 bits per heavy atom. The van der Waals surface area contributed by atoms with E-state index in [0.29, 0.717) is 24.5 Å². The van der Waals surface area contributed by atoms with Crippen molar-refractivity contribution >= 4 is 21.6 Å². The second kappa shape index (κ2) is 6.80. The van der Waals surface area contributed by atoms with E-state index in [2.05, 4.69) is 5.32 Å². The van der Waals surface area contributed by atoms with E-state index >= 15 is 0 Å². The van der Waals surface area contributed by atoms with Gasteiger partial charge in [-0.05, 0) is 44.0 Å². The number of hydrogen-bond donors (Lipinski definition) is 2. The predicted molar refractivity (Wildman–Crippen MR) is 91.9 cm³/mol. The highest BCUT2D eigenvalue weighted by molar-refractivity contribution is 7.89. The Labute approximate surface area is 147 Å². The zero-order chi connectivity index (χ0) is 17.4. The number of hydrogen-bond acceptors (Lipinski definition) is 5. The van der Waals surface area contributed by atoms with Crippen LogP contribution in [-0.2, 0) is 10.0 Å². The Morgan fingerprint density at radius 2 is 2.29 bits per heavy atom. The first-order valence-electron chi connectivity index (χ1n) is 8.11. The van der Waals surface area contributed by atoms with Crippen LogP contribution in [0, 0.1) is 5.41 Å². The van der Waals surface area contributed by atoms with Crippen LogP contribution in [0.15, 0.2) is 23.1 Å². The lowest BCUT2D eigenvalue weighted by Crippen LogP contribution is -2.62. The standard InChI is InChI=1S/C16H23ClN2O4S/c1-23-13-4-3-12(17)9-14(13)24(21,22)19-8-5-15-16(10-19,11-20)6-2-7-18-15/h3-4,9,15,18,20H,2,5-8,10-11H2,1H3/t15-,16-/m1/s1. The molecule has 0 aromatic heterocycles. The molecule has 2 aliphatic rings. The lowest BCUT2D eigenvalue weighted by Gasteiger charge is -2.49. The quantitative estimate of drug-likeness (QED) is 0.834. The van der Waals surface area contributed by atoms with Crippen LogP contribution < -0.4 is 10.1 Å². The van der Waals surface area contributed by atoms with Crippen molar-refractivity contribution in [2.45, 2.75) is 30.2 Å². The third-order valence-electron chi connectivity index (χ3n) is 5.20. The lowest BCUT2D eigenvalue weighted by molar-refractivity contribution is 0.00545. The number of nitrogens with zero attached hydrogens (tertiary/aromatic N) is 1. The van der Waals surface area contributed by atoms with Crippen LogP contribution in [0.25, 0.3) is 0 Å². The molecule has 0 amide bonds. The van der Waals surface area contributed by atoms with Gasteiger partial charge in [0, 0.05) is 29.6 Å². The SMILES string of the molecule is COc1ccc(Cl)cc1S(=O)(=O)N1CC[C@H]2NCCC[C@]2(CO)C1. The van der Waals surface area contributed by atoms with E-state index in [1.807, 2.05) is 0 Å². The van der Waals surface area contributed by atoms with E-state index in [1.54, 1.807) is 12.1 Å². The molecule has 134 valence electrons. The van der Waals surface area contributed by atoms with Gasteiger partial charge in [0.1, 0.15) is 10.6 Å². The van der Waals surface area contributed by atoms with E-state index in [4.69, 9.17) is 16.3 Å². The van der Waals surface area contributed by atoms with Crippen molar-refractivity contribution in [3.05, 3.63) is 23.2 Å². The fraction of sp³-hybridized carbons (Fsp3) is 0.625. The molecule has 6 nitrogen and oxygen atoms in total. The fourth-order valence-electron chi connectivity index (χ4n) is 3.84. The monoisotopic (exact) mass is 374 g/mol. The summed E-state index contributed by atoms with van der Waals surface area (Å²) < 4.78 is 32.9. The number of piperidine rings is 2. The maximum absolute atomic E-state index is 13.1. The van der Waals surface area contributed by atoms with Crippen LogP contribution in [0.1, 0.15) is 19.3 Å². The number of rotatable bonds is 4. The van der Waals surface area contributed by atoms with Crippen molar-refractivity contribution in [1.29, 1.82) is 0 Å². The molecule has 0 radical (unpaired) electrons. The molecular formula is C16H23ClN2O4S. The largest absolute Gasteiger partial charge is 0.495 e. The smallest absolute Gasteiger partial charge is 0.246 e. The molecule has 2 fully saturated rings. The molecule has 1 aromatic carbocycles. The molecule has 2 N–H and O–H groups in total. The minimum Gasteiger partial charge on any atom is -0.495 e. The first-order chi connectivity index (χ1) is 11.4. The molecule has 3 rings (SSSR count). The Balaban J connectivity index is 1.95. The van der Waals surface area contributed by atoms with Crippen LogP contribution >= 0.6 is 11.6 Å². The normalized spacial score (nSPS) is 28.4. The van der Waals surface area contributed by atoms with Crippen LogP contribution in [0.4, 0.5) is 0 Å². The number of halogens is 1. The van der Waals surface area contributed by atoms with Gasteiger partial charge in [-0.25, -0.2) is 8.42 Å². The summed E-state index contributed by atoms with van der Waals surface area (Å²) in [5.74, 6) is 0.279. The summed E-state index contributed by atoms with van der Waals surface area (Å²) in [6.45, 7) is 1.61. The highest BCUT2D eigenvalue weighted by atomic mass is 35.5. The van der Waals surface area contributed by atoms with Crippen molar-refractivity contribution < 1.29 is 18.3 Å². The van der Waals surface area contributed by atoms with Crippen molar-refractivity contribution in [3.8, 4) is 5.75 Å². The summed E-state index contributed by atoms with van der Waals surface area (Å²) in [6.07, 6.45) is 2.44. The summed E-state index contributed by atoms with van der Waals surface area (Å²) in [6, 6.07) is 4.74. The number of aliphatic hydroxyl groups excluding tert-OH is 1. The zero-order valence-electron chi connectivity index (χ0n) is 13.7. The maximum Gasteiger partial charge on any atom is 0.246 e. The van der Waals surface area contributed by atoms with E-state index in [9.17, 15) is 13.5 Å². The van der Waals surface area contributed by atoms with Crippen LogP contribution in [0.2, 0.25) is 5.02 Å². The minimum absolute atomic E-state index is 0.0244.